The second kappa shape index (κ2) is 11.0. The summed E-state index contributed by atoms with van der Waals surface area (Å²) in [7, 11) is 0. The van der Waals surface area contributed by atoms with Crippen LogP contribution in [-0.2, 0) is 9.59 Å². The van der Waals surface area contributed by atoms with Crippen molar-refractivity contribution in [3.63, 3.8) is 0 Å². The second-order valence-electron chi connectivity index (χ2n) is 7.72. The van der Waals surface area contributed by atoms with Gasteiger partial charge in [-0.1, -0.05) is 47.1 Å². The Kier molecular flexibility index (Phi) is 7.78. The number of thioether (sulfide) groups is 1. The summed E-state index contributed by atoms with van der Waals surface area (Å²) in [4.78, 5) is 50.9. The highest BCUT2D eigenvalue weighted by atomic mass is 35.5. The van der Waals surface area contributed by atoms with Gasteiger partial charge in [0.25, 0.3) is 16.8 Å². The van der Waals surface area contributed by atoms with E-state index in [0.29, 0.717) is 32.9 Å². The van der Waals surface area contributed by atoms with E-state index in [0.717, 1.165) is 15.4 Å². The van der Waals surface area contributed by atoms with Gasteiger partial charge in [0.2, 0.25) is 5.91 Å². The molecule has 1 heterocycles. The van der Waals surface area contributed by atoms with E-state index in [9.17, 15) is 24.5 Å². The number of rotatable bonds is 7. The molecule has 0 aromatic heterocycles. The number of nitro groups is 1. The second-order valence-corrected chi connectivity index (χ2v) is 10.3. The van der Waals surface area contributed by atoms with Crippen LogP contribution in [0, 0.1) is 17.0 Å². The highest BCUT2D eigenvalue weighted by Gasteiger charge is 2.36. The summed E-state index contributed by atoms with van der Waals surface area (Å²) < 4.78 is 0. The maximum atomic E-state index is 12.8. The number of imide groups is 1. The lowest BCUT2D eigenvalue weighted by atomic mass is 10.2. The van der Waals surface area contributed by atoms with Gasteiger partial charge in [-0.25, -0.2) is 0 Å². The van der Waals surface area contributed by atoms with Gasteiger partial charge >= 0.3 is 0 Å². The minimum absolute atomic E-state index is 0.0764. The molecule has 0 aliphatic carbocycles. The van der Waals surface area contributed by atoms with Crippen LogP contribution in [0.3, 0.4) is 0 Å². The predicted octanol–water partition coefficient (Wildman–Crippen LogP) is 6.38. The third-order valence-electron chi connectivity index (χ3n) is 5.03. The third-order valence-corrected chi connectivity index (χ3v) is 7.26. The number of hydrogen-bond donors (Lipinski definition) is 1. The summed E-state index contributed by atoms with van der Waals surface area (Å²) in [5.41, 5.74) is 1.84. The smallest absolute Gasteiger partial charge is 0.294 e. The van der Waals surface area contributed by atoms with Gasteiger partial charge in [0.05, 0.1) is 14.7 Å². The van der Waals surface area contributed by atoms with Crippen LogP contribution in [0.4, 0.5) is 16.2 Å². The third kappa shape index (κ3) is 6.14. The molecule has 11 heteroatoms. The van der Waals surface area contributed by atoms with E-state index in [2.05, 4.69) is 5.32 Å². The molecule has 1 aliphatic heterocycles. The Morgan fingerprint density at radius 2 is 1.81 bits per heavy atom. The number of carbonyl (C=O) groups excluding carboxylic acids is 3. The first kappa shape index (κ1) is 25.5. The Hall–Kier alpha value is -3.60. The van der Waals surface area contributed by atoms with Crippen LogP contribution in [-0.4, -0.2) is 33.4 Å². The number of carbonyl (C=O) groups is 3. The number of hydrogen-bond acceptors (Lipinski definition) is 7. The first-order valence-corrected chi connectivity index (χ1v) is 12.5. The van der Waals surface area contributed by atoms with Crippen LogP contribution in [0.2, 0.25) is 5.02 Å². The average Bonchev–Trinajstić information content (AvgIpc) is 3.10. The summed E-state index contributed by atoms with van der Waals surface area (Å²) in [5, 5.41) is 14.2. The van der Waals surface area contributed by atoms with Gasteiger partial charge in [-0.05, 0) is 72.8 Å². The number of halogens is 1. The molecule has 0 saturated carbocycles. The van der Waals surface area contributed by atoms with Crippen molar-refractivity contribution in [1.82, 2.24) is 4.90 Å². The van der Waals surface area contributed by atoms with Crippen molar-refractivity contribution < 1.29 is 19.3 Å². The van der Waals surface area contributed by atoms with Crippen molar-refractivity contribution in [3.05, 3.63) is 97.9 Å². The lowest BCUT2D eigenvalue weighted by molar-refractivity contribution is -0.387. The predicted molar refractivity (Wildman–Crippen MR) is 141 cm³/mol. The lowest BCUT2D eigenvalue weighted by Crippen LogP contribution is -2.36. The van der Waals surface area contributed by atoms with E-state index in [4.69, 9.17) is 11.6 Å². The molecule has 36 heavy (non-hydrogen) atoms. The maximum Gasteiger partial charge on any atom is 0.294 e. The largest absolute Gasteiger partial charge is 0.325 e. The van der Waals surface area contributed by atoms with E-state index in [1.54, 1.807) is 36.4 Å². The highest BCUT2D eigenvalue weighted by Crippen LogP contribution is 2.37. The fourth-order valence-corrected chi connectivity index (χ4v) is 5.12. The van der Waals surface area contributed by atoms with E-state index in [1.165, 1.54) is 23.9 Å². The standard InChI is InChI=1S/C25H18ClN3O5S2/c1-15-2-9-19(10-3-15)35-21-11-4-16(12-20(21)29(33)34)13-22-24(31)28(25(32)36-22)14-23(30)27-18-7-5-17(26)6-8-18/h2-13H,14H2,1H3,(H,27,30). The molecule has 0 unspecified atom stereocenters. The normalized spacial score (nSPS) is 14.4. The Labute approximate surface area is 219 Å². The fourth-order valence-electron chi connectivity index (χ4n) is 3.25. The summed E-state index contributed by atoms with van der Waals surface area (Å²) >= 11 is 7.76. The van der Waals surface area contributed by atoms with Gasteiger partial charge in [0.15, 0.2) is 0 Å². The Bertz CT molecular complexity index is 1390. The zero-order valence-electron chi connectivity index (χ0n) is 18.8. The van der Waals surface area contributed by atoms with E-state index < -0.39 is 28.5 Å². The van der Waals surface area contributed by atoms with Crippen LogP contribution >= 0.6 is 35.1 Å². The van der Waals surface area contributed by atoms with Crippen LogP contribution < -0.4 is 5.32 Å². The first-order valence-electron chi connectivity index (χ1n) is 10.5. The van der Waals surface area contributed by atoms with Gasteiger partial charge in [0.1, 0.15) is 6.54 Å². The highest BCUT2D eigenvalue weighted by molar-refractivity contribution is 8.18. The molecule has 4 rings (SSSR count). The molecule has 3 aromatic rings. The number of nitrogens with zero attached hydrogens (tertiary/aromatic N) is 2. The molecule has 0 radical (unpaired) electrons. The quantitative estimate of drug-likeness (QED) is 0.210. The van der Waals surface area contributed by atoms with Crippen LogP contribution in [0.5, 0.6) is 0 Å². The summed E-state index contributed by atoms with van der Waals surface area (Å²) in [6.07, 6.45) is 1.41. The molecular weight excluding hydrogens is 522 g/mol. The maximum absolute atomic E-state index is 12.8. The molecular formula is C25H18ClN3O5S2. The SMILES string of the molecule is Cc1ccc(Sc2ccc(C=C3SC(=O)N(CC(=O)Nc4ccc(Cl)cc4)C3=O)cc2[N+](=O)[O-])cc1. The van der Waals surface area contributed by atoms with Crippen molar-refractivity contribution in [2.45, 2.75) is 16.7 Å². The average molecular weight is 540 g/mol. The molecule has 1 aliphatic rings. The van der Waals surface area contributed by atoms with Gasteiger partial charge in [0, 0.05) is 21.7 Å². The Balaban J connectivity index is 1.49. The topological polar surface area (TPSA) is 110 Å². The van der Waals surface area contributed by atoms with Crippen molar-refractivity contribution in [1.29, 1.82) is 0 Å². The molecule has 1 N–H and O–H groups in total. The molecule has 0 bridgehead atoms. The van der Waals surface area contributed by atoms with Gasteiger partial charge in [-0.3, -0.25) is 29.4 Å². The van der Waals surface area contributed by atoms with E-state index >= 15 is 0 Å². The molecule has 1 saturated heterocycles. The number of benzene rings is 3. The summed E-state index contributed by atoms with van der Waals surface area (Å²) in [6.45, 7) is 1.50. The van der Waals surface area contributed by atoms with Crippen molar-refractivity contribution >= 4 is 69.6 Å². The number of anilines is 1. The van der Waals surface area contributed by atoms with Crippen LogP contribution in [0.15, 0.2) is 81.4 Å². The van der Waals surface area contributed by atoms with Crippen molar-refractivity contribution in [3.8, 4) is 0 Å². The molecule has 8 nitrogen and oxygen atoms in total. The summed E-state index contributed by atoms with van der Waals surface area (Å²) in [5.74, 6) is -1.19. The minimum atomic E-state index is -0.642. The van der Waals surface area contributed by atoms with Crippen molar-refractivity contribution in [2.24, 2.45) is 0 Å². The lowest BCUT2D eigenvalue weighted by Gasteiger charge is -2.12. The zero-order valence-corrected chi connectivity index (χ0v) is 21.2. The van der Waals surface area contributed by atoms with Gasteiger partial charge in [-0.2, -0.15) is 0 Å². The van der Waals surface area contributed by atoms with Crippen LogP contribution in [0.25, 0.3) is 6.08 Å². The minimum Gasteiger partial charge on any atom is -0.325 e. The van der Waals surface area contributed by atoms with Crippen LogP contribution in [0.1, 0.15) is 11.1 Å². The molecule has 1 fully saturated rings. The monoisotopic (exact) mass is 539 g/mol. The molecule has 182 valence electrons. The number of nitrogens with one attached hydrogen (secondary N) is 1. The zero-order chi connectivity index (χ0) is 25.8. The molecule has 0 atom stereocenters. The molecule has 0 spiro atoms. The van der Waals surface area contributed by atoms with Gasteiger partial charge < -0.3 is 5.32 Å². The van der Waals surface area contributed by atoms with Gasteiger partial charge in [-0.15, -0.1) is 0 Å². The molecule has 3 aromatic carbocycles. The number of aryl methyl sites for hydroxylation is 1. The summed E-state index contributed by atoms with van der Waals surface area (Å²) in [6, 6.07) is 18.6. The number of nitro benzene ring substituents is 1. The Morgan fingerprint density at radius 1 is 1.11 bits per heavy atom. The van der Waals surface area contributed by atoms with Crippen molar-refractivity contribution in [2.75, 3.05) is 11.9 Å². The molecule has 3 amide bonds. The van der Waals surface area contributed by atoms with E-state index in [1.807, 2.05) is 31.2 Å². The number of amides is 3. The van der Waals surface area contributed by atoms with E-state index in [-0.39, 0.29) is 10.6 Å². The first-order chi connectivity index (χ1) is 17.2. The Morgan fingerprint density at radius 3 is 2.47 bits per heavy atom. The fraction of sp³-hybridized carbons (Fsp3) is 0.0800.